The van der Waals surface area contributed by atoms with E-state index in [0.29, 0.717) is 0 Å². The van der Waals surface area contributed by atoms with E-state index in [2.05, 4.69) is 13.8 Å². The van der Waals surface area contributed by atoms with E-state index in [9.17, 15) is 0 Å². The van der Waals surface area contributed by atoms with Crippen molar-refractivity contribution < 1.29 is 40.1 Å². The zero-order valence-corrected chi connectivity index (χ0v) is 27.0. The molecule has 0 aliphatic heterocycles. The van der Waals surface area contributed by atoms with Gasteiger partial charge in [0.2, 0.25) is 0 Å². The molecular weight excluding hydrogens is 512 g/mol. The van der Waals surface area contributed by atoms with Crippen molar-refractivity contribution in [1.82, 2.24) is 0 Å². The Morgan fingerprint density at radius 1 is 0.375 bits per heavy atom. The van der Waals surface area contributed by atoms with E-state index in [4.69, 9.17) is 40.1 Å². The molecule has 0 bridgehead atoms. The van der Waals surface area contributed by atoms with Gasteiger partial charge in [0.05, 0.1) is 26.4 Å². The van der Waals surface area contributed by atoms with Crippen LogP contribution in [0.15, 0.2) is 0 Å². The number of aliphatic hydroxyl groups excluding tert-OH is 6. The predicted molar refractivity (Wildman–Crippen MR) is 168 cm³/mol. The number of ether oxygens (including phenoxy) is 2. The summed E-state index contributed by atoms with van der Waals surface area (Å²) in [7, 11) is 0. The molecule has 0 spiro atoms. The molecule has 0 atom stereocenters. The minimum atomic E-state index is -0.954. The van der Waals surface area contributed by atoms with E-state index in [-0.39, 0.29) is 26.4 Å². The maximum atomic E-state index is 8.17. The average molecular weight is 585 g/mol. The molecule has 0 fully saturated rings. The Labute approximate surface area is 248 Å². The quantitative estimate of drug-likeness (QED) is 0.0704. The van der Waals surface area contributed by atoms with Crippen molar-refractivity contribution in [2.75, 3.05) is 52.9 Å². The minimum Gasteiger partial charge on any atom is -0.394 e. The van der Waals surface area contributed by atoms with Crippen LogP contribution in [0.2, 0.25) is 0 Å². The Kier molecular flexibility index (Phi) is 56.4. The minimum absolute atomic E-state index is 0.365. The zero-order valence-electron chi connectivity index (χ0n) is 27.0. The van der Waals surface area contributed by atoms with Crippen molar-refractivity contribution in [2.45, 2.75) is 155 Å². The summed E-state index contributed by atoms with van der Waals surface area (Å²) in [6, 6.07) is 0. The second kappa shape index (κ2) is 48.4. The smallest absolute Gasteiger partial charge is 0.100 e. The fraction of sp³-hybridized carbons (Fsp3) is 1.00. The maximum absolute atomic E-state index is 8.17. The van der Waals surface area contributed by atoms with Crippen molar-refractivity contribution >= 4 is 0 Å². The third-order valence-electron chi connectivity index (χ3n) is 6.04. The van der Waals surface area contributed by atoms with Gasteiger partial charge in [0.15, 0.2) is 0 Å². The maximum Gasteiger partial charge on any atom is 0.100 e. The predicted octanol–water partition coefficient (Wildman–Crippen LogP) is 5.77. The molecule has 8 heteroatoms. The third kappa shape index (κ3) is 57.5. The summed E-state index contributed by atoms with van der Waals surface area (Å²) in [6.45, 7) is 10.8. The van der Waals surface area contributed by atoms with Crippen LogP contribution in [0.3, 0.4) is 0 Å². The summed E-state index contributed by atoms with van der Waals surface area (Å²) in [5, 5.41) is 48.0. The Morgan fingerprint density at radius 3 is 0.800 bits per heavy atom. The van der Waals surface area contributed by atoms with E-state index >= 15 is 0 Å². The van der Waals surface area contributed by atoms with Crippen molar-refractivity contribution in [3.05, 3.63) is 0 Å². The number of unbranched alkanes of at least 4 members (excludes halogenated alkanes) is 16. The fourth-order valence-corrected chi connectivity index (χ4v) is 3.45. The number of rotatable bonds is 26. The molecule has 40 heavy (non-hydrogen) atoms. The highest BCUT2D eigenvalue weighted by molar-refractivity contribution is 4.49. The van der Waals surface area contributed by atoms with Crippen LogP contribution < -0.4 is 0 Å². The SMILES string of the molecule is CCCCCCCCCCCCOCCCCCCCCCC.CCOCC.OCC(O)CO.OCC(O)CO. The lowest BCUT2D eigenvalue weighted by Crippen LogP contribution is -2.15. The molecular formula is C32H72O8. The van der Waals surface area contributed by atoms with Gasteiger partial charge in [0.1, 0.15) is 12.2 Å². The fourth-order valence-electron chi connectivity index (χ4n) is 3.45. The second-order valence-corrected chi connectivity index (χ2v) is 10.1. The largest absolute Gasteiger partial charge is 0.394 e. The van der Waals surface area contributed by atoms with Gasteiger partial charge in [-0.2, -0.15) is 0 Å². The van der Waals surface area contributed by atoms with Gasteiger partial charge in [-0.25, -0.2) is 0 Å². The standard InChI is InChI=1S/C22H46O.C4H10O.2C3H8O3/c1-3-5-7-9-11-13-14-16-18-20-22-23-21-19-17-15-12-10-8-6-4-2;1-3-5-4-2;2*4-1-3(6)2-5/h3-22H2,1-2H3;3-4H2,1-2H3;2*3-6H,1-2H2. The molecule has 0 saturated heterocycles. The molecule has 8 nitrogen and oxygen atoms in total. The second-order valence-electron chi connectivity index (χ2n) is 10.1. The van der Waals surface area contributed by atoms with Gasteiger partial charge in [0.25, 0.3) is 0 Å². The van der Waals surface area contributed by atoms with Gasteiger partial charge >= 0.3 is 0 Å². The lowest BCUT2D eigenvalue weighted by Gasteiger charge is -2.05. The summed E-state index contributed by atoms with van der Waals surface area (Å²) in [4.78, 5) is 0. The molecule has 248 valence electrons. The molecule has 0 saturated carbocycles. The van der Waals surface area contributed by atoms with Crippen LogP contribution in [0.4, 0.5) is 0 Å². The van der Waals surface area contributed by atoms with E-state index in [1.807, 2.05) is 13.8 Å². The molecule has 0 aromatic heterocycles. The lowest BCUT2D eigenvalue weighted by atomic mass is 10.1. The van der Waals surface area contributed by atoms with Gasteiger partial charge < -0.3 is 40.1 Å². The van der Waals surface area contributed by atoms with Crippen molar-refractivity contribution in [1.29, 1.82) is 0 Å². The average Bonchev–Trinajstić information content (AvgIpc) is 2.98. The van der Waals surface area contributed by atoms with Crippen LogP contribution in [0.5, 0.6) is 0 Å². The Hall–Kier alpha value is -0.320. The molecule has 0 heterocycles. The first-order valence-electron chi connectivity index (χ1n) is 16.4. The topological polar surface area (TPSA) is 140 Å². The number of hydrogen-bond donors (Lipinski definition) is 6. The van der Waals surface area contributed by atoms with Crippen molar-refractivity contribution in [2.24, 2.45) is 0 Å². The zero-order chi connectivity index (χ0) is 31.0. The highest BCUT2D eigenvalue weighted by Gasteiger charge is 1.96. The van der Waals surface area contributed by atoms with Crippen LogP contribution in [0.1, 0.15) is 143 Å². The highest BCUT2D eigenvalue weighted by Crippen LogP contribution is 2.11. The molecule has 0 aromatic carbocycles. The summed E-state index contributed by atoms with van der Waals surface area (Å²) in [6.07, 6.45) is 23.3. The van der Waals surface area contributed by atoms with Gasteiger partial charge in [-0.3, -0.25) is 0 Å². The Bertz CT molecular complexity index is 335. The Morgan fingerprint density at radius 2 is 0.625 bits per heavy atom. The van der Waals surface area contributed by atoms with Crippen LogP contribution in [0, 0.1) is 0 Å². The molecule has 0 aromatic rings. The van der Waals surface area contributed by atoms with E-state index < -0.39 is 12.2 Å². The van der Waals surface area contributed by atoms with Crippen molar-refractivity contribution in [3.8, 4) is 0 Å². The molecule has 0 radical (unpaired) electrons. The summed E-state index contributed by atoms with van der Waals surface area (Å²) in [5.41, 5.74) is 0. The molecule has 0 aliphatic carbocycles. The highest BCUT2D eigenvalue weighted by atomic mass is 16.5. The van der Waals surface area contributed by atoms with Gasteiger partial charge in [-0.15, -0.1) is 0 Å². The van der Waals surface area contributed by atoms with Crippen LogP contribution >= 0.6 is 0 Å². The first-order valence-corrected chi connectivity index (χ1v) is 16.4. The molecule has 0 amide bonds. The first-order chi connectivity index (χ1) is 19.4. The van der Waals surface area contributed by atoms with E-state index in [0.717, 1.165) is 26.4 Å². The molecule has 0 aliphatic rings. The Balaban J connectivity index is -0.000000306. The lowest BCUT2D eigenvalue weighted by molar-refractivity contribution is 0.0450. The third-order valence-corrected chi connectivity index (χ3v) is 6.04. The van der Waals surface area contributed by atoms with Crippen LogP contribution in [-0.4, -0.2) is 95.7 Å². The molecule has 0 rings (SSSR count). The normalized spacial score (nSPS) is 10.5. The van der Waals surface area contributed by atoms with Gasteiger partial charge in [0, 0.05) is 26.4 Å². The summed E-state index contributed by atoms with van der Waals surface area (Å²) in [5.74, 6) is 0. The summed E-state index contributed by atoms with van der Waals surface area (Å²) < 4.78 is 10.6. The summed E-state index contributed by atoms with van der Waals surface area (Å²) >= 11 is 0. The number of aliphatic hydroxyl groups is 6. The van der Waals surface area contributed by atoms with Crippen LogP contribution in [0.25, 0.3) is 0 Å². The van der Waals surface area contributed by atoms with Crippen LogP contribution in [-0.2, 0) is 9.47 Å². The number of hydrogen-bond acceptors (Lipinski definition) is 8. The molecule has 0 unspecified atom stereocenters. The van der Waals surface area contributed by atoms with E-state index in [1.54, 1.807) is 0 Å². The van der Waals surface area contributed by atoms with Crippen molar-refractivity contribution in [3.63, 3.8) is 0 Å². The van der Waals surface area contributed by atoms with Gasteiger partial charge in [-0.1, -0.05) is 117 Å². The van der Waals surface area contributed by atoms with E-state index in [1.165, 1.54) is 116 Å². The monoisotopic (exact) mass is 585 g/mol. The molecule has 6 N–H and O–H groups in total. The first kappa shape index (κ1) is 46.6. The van der Waals surface area contributed by atoms with Gasteiger partial charge in [-0.05, 0) is 26.7 Å².